The van der Waals surface area contributed by atoms with Gasteiger partial charge in [0.1, 0.15) is 11.5 Å². The lowest BCUT2D eigenvalue weighted by atomic mass is 10.0. The Hall–Kier alpha value is -2.17. The third kappa shape index (κ3) is 2.43. The van der Waals surface area contributed by atoms with Gasteiger partial charge < -0.3 is 4.90 Å². The van der Waals surface area contributed by atoms with E-state index in [2.05, 4.69) is 12.0 Å². The fourth-order valence-electron chi connectivity index (χ4n) is 3.97. The van der Waals surface area contributed by atoms with Crippen LogP contribution in [0.5, 0.6) is 0 Å². The van der Waals surface area contributed by atoms with Crippen molar-refractivity contribution in [2.24, 2.45) is 0 Å². The summed E-state index contributed by atoms with van der Waals surface area (Å²) in [4.78, 5) is 15.0. The number of carbonyl (C=O) groups is 1. The molecule has 2 aliphatic rings. The second-order valence-corrected chi connectivity index (χ2v) is 6.83. The summed E-state index contributed by atoms with van der Waals surface area (Å²) < 4.78 is 15.9. The number of para-hydroxylation sites is 1. The van der Waals surface area contributed by atoms with E-state index in [0.717, 1.165) is 49.9 Å². The molecule has 4 rings (SSSR count). The average molecular weight is 327 g/mol. The van der Waals surface area contributed by atoms with Crippen molar-refractivity contribution in [3.05, 3.63) is 47.0 Å². The molecule has 4 nitrogen and oxygen atoms in total. The lowest BCUT2D eigenvalue weighted by Gasteiger charge is -2.33. The normalized spacial score (nSPS) is 20.2. The molecule has 1 amide bonds. The van der Waals surface area contributed by atoms with E-state index in [1.54, 1.807) is 22.9 Å². The number of benzene rings is 1. The molecule has 1 aliphatic carbocycles. The lowest BCUT2D eigenvalue weighted by Crippen LogP contribution is -2.42. The highest BCUT2D eigenvalue weighted by molar-refractivity contribution is 5.94. The molecule has 1 aromatic carbocycles. The van der Waals surface area contributed by atoms with Gasteiger partial charge in [0.2, 0.25) is 0 Å². The number of fused-ring (bicyclic) bond motifs is 1. The van der Waals surface area contributed by atoms with E-state index >= 15 is 0 Å². The Balaban J connectivity index is 1.76. The summed E-state index contributed by atoms with van der Waals surface area (Å²) in [5.74, 6) is -0.296. The highest BCUT2D eigenvalue weighted by atomic mass is 19.1. The molecule has 1 fully saturated rings. The third-order valence-corrected chi connectivity index (χ3v) is 5.28. The molecular formula is C19H22FN3O. The van der Waals surface area contributed by atoms with Crippen LogP contribution in [0.25, 0.3) is 5.69 Å². The number of aromatic nitrogens is 2. The molecule has 24 heavy (non-hydrogen) atoms. The topological polar surface area (TPSA) is 38.1 Å². The van der Waals surface area contributed by atoms with Crippen molar-refractivity contribution in [2.75, 3.05) is 6.54 Å². The molecule has 1 saturated heterocycles. The van der Waals surface area contributed by atoms with Gasteiger partial charge in [-0.25, -0.2) is 9.07 Å². The maximum atomic E-state index is 14.2. The zero-order valence-electron chi connectivity index (χ0n) is 14.0. The molecule has 0 N–H and O–H groups in total. The van der Waals surface area contributed by atoms with Gasteiger partial charge in [-0.05, 0) is 57.6 Å². The van der Waals surface area contributed by atoms with Crippen LogP contribution in [-0.2, 0) is 12.8 Å². The summed E-state index contributed by atoms with van der Waals surface area (Å²) in [6, 6.07) is 6.88. The van der Waals surface area contributed by atoms with Crippen LogP contribution < -0.4 is 0 Å². The van der Waals surface area contributed by atoms with Gasteiger partial charge in [-0.3, -0.25) is 4.79 Å². The van der Waals surface area contributed by atoms with Crippen molar-refractivity contribution in [3.63, 3.8) is 0 Å². The monoisotopic (exact) mass is 327 g/mol. The van der Waals surface area contributed by atoms with Crippen LogP contribution in [0.2, 0.25) is 0 Å². The second kappa shape index (κ2) is 6.04. The first-order chi connectivity index (χ1) is 11.7. The molecule has 0 radical (unpaired) electrons. The Bertz CT molecular complexity index is 783. The zero-order chi connectivity index (χ0) is 16.7. The van der Waals surface area contributed by atoms with Gasteiger partial charge in [0.05, 0.1) is 0 Å². The van der Waals surface area contributed by atoms with Crippen LogP contribution in [-0.4, -0.2) is 33.2 Å². The first-order valence-electron chi connectivity index (χ1n) is 8.83. The Morgan fingerprint density at radius 1 is 1.21 bits per heavy atom. The summed E-state index contributed by atoms with van der Waals surface area (Å²) >= 11 is 0. The molecule has 126 valence electrons. The number of carbonyl (C=O) groups excluding carboxylic acids is 1. The quantitative estimate of drug-likeness (QED) is 0.846. The van der Waals surface area contributed by atoms with Crippen molar-refractivity contribution >= 4 is 5.91 Å². The van der Waals surface area contributed by atoms with Crippen molar-refractivity contribution in [2.45, 2.75) is 51.5 Å². The van der Waals surface area contributed by atoms with E-state index < -0.39 is 0 Å². The minimum atomic E-state index is -0.306. The highest BCUT2D eigenvalue weighted by Crippen LogP contribution is 2.30. The highest BCUT2D eigenvalue weighted by Gasteiger charge is 2.32. The summed E-state index contributed by atoms with van der Waals surface area (Å²) in [5.41, 5.74) is 2.97. The van der Waals surface area contributed by atoms with E-state index in [4.69, 9.17) is 0 Å². The SMILES string of the molecule is C[C@@H]1CCCCN1C(=O)c1nn(-c2ccccc2F)c2c1CCC2. The molecule has 1 aromatic heterocycles. The minimum Gasteiger partial charge on any atom is -0.335 e. The first-order valence-corrected chi connectivity index (χ1v) is 8.83. The second-order valence-electron chi connectivity index (χ2n) is 6.83. The molecule has 2 heterocycles. The van der Waals surface area contributed by atoms with E-state index in [9.17, 15) is 9.18 Å². The van der Waals surface area contributed by atoms with Crippen molar-refractivity contribution in [1.82, 2.24) is 14.7 Å². The average Bonchev–Trinajstić information content (AvgIpc) is 3.18. The van der Waals surface area contributed by atoms with Gasteiger partial charge in [0, 0.05) is 23.8 Å². The summed E-state index contributed by atoms with van der Waals surface area (Å²) in [7, 11) is 0. The number of hydrogen-bond donors (Lipinski definition) is 0. The van der Waals surface area contributed by atoms with Gasteiger partial charge in [-0.1, -0.05) is 12.1 Å². The fraction of sp³-hybridized carbons (Fsp3) is 0.474. The molecule has 0 saturated carbocycles. The molecule has 5 heteroatoms. The maximum absolute atomic E-state index is 14.2. The summed E-state index contributed by atoms with van der Waals surface area (Å²) in [5, 5.41) is 4.56. The smallest absolute Gasteiger partial charge is 0.274 e. The van der Waals surface area contributed by atoms with Gasteiger partial charge in [0.25, 0.3) is 5.91 Å². The Kier molecular flexibility index (Phi) is 3.87. The van der Waals surface area contributed by atoms with E-state index in [0.29, 0.717) is 11.4 Å². The third-order valence-electron chi connectivity index (χ3n) is 5.28. The first kappa shape index (κ1) is 15.4. The van der Waals surface area contributed by atoms with Gasteiger partial charge >= 0.3 is 0 Å². The summed E-state index contributed by atoms with van der Waals surface area (Å²) in [6.45, 7) is 2.90. The van der Waals surface area contributed by atoms with Gasteiger partial charge in [-0.2, -0.15) is 5.10 Å². The number of halogens is 1. The number of piperidine rings is 1. The Morgan fingerprint density at radius 2 is 2.04 bits per heavy atom. The fourth-order valence-corrected chi connectivity index (χ4v) is 3.97. The maximum Gasteiger partial charge on any atom is 0.274 e. The van der Waals surface area contributed by atoms with Crippen molar-refractivity contribution in [1.29, 1.82) is 0 Å². The number of nitrogens with zero attached hydrogens (tertiary/aromatic N) is 3. The standard InChI is InChI=1S/C19H22FN3O/c1-13-7-4-5-12-22(13)19(24)18-14-8-6-11-16(14)23(21-18)17-10-3-2-9-15(17)20/h2-3,9-10,13H,4-8,11-12H2,1H3/t13-/m1/s1. The number of likely N-dealkylation sites (tertiary alicyclic amines) is 1. The van der Waals surface area contributed by atoms with E-state index in [1.165, 1.54) is 12.5 Å². The van der Waals surface area contributed by atoms with Crippen LogP contribution >= 0.6 is 0 Å². The lowest BCUT2D eigenvalue weighted by molar-refractivity contribution is 0.0628. The Morgan fingerprint density at radius 3 is 2.83 bits per heavy atom. The predicted octanol–water partition coefficient (Wildman–Crippen LogP) is 3.51. The largest absolute Gasteiger partial charge is 0.335 e. The van der Waals surface area contributed by atoms with Crippen LogP contribution in [0, 0.1) is 5.82 Å². The molecule has 0 spiro atoms. The molecule has 1 atom stereocenters. The van der Waals surface area contributed by atoms with Crippen LogP contribution in [0.4, 0.5) is 4.39 Å². The van der Waals surface area contributed by atoms with Crippen LogP contribution in [0.3, 0.4) is 0 Å². The molecule has 1 aliphatic heterocycles. The Labute approximate surface area is 141 Å². The summed E-state index contributed by atoms with van der Waals surface area (Å²) in [6.07, 6.45) is 5.96. The van der Waals surface area contributed by atoms with Crippen molar-refractivity contribution < 1.29 is 9.18 Å². The van der Waals surface area contributed by atoms with E-state index in [1.807, 2.05) is 4.90 Å². The molecule has 2 aromatic rings. The molecule has 0 unspecified atom stereocenters. The molecule has 0 bridgehead atoms. The minimum absolute atomic E-state index is 0.00967. The zero-order valence-corrected chi connectivity index (χ0v) is 14.0. The number of hydrogen-bond acceptors (Lipinski definition) is 2. The van der Waals surface area contributed by atoms with E-state index in [-0.39, 0.29) is 17.8 Å². The van der Waals surface area contributed by atoms with Crippen LogP contribution in [0.15, 0.2) is 24.3 Å². The number of rotatable bonds is 2. The predicted molar refractivity (Wildman–Crippen MR) is 89.9 cm³/mol. The van der Waals surface area contributed by atoms with Gasteiger partial charge in [-0.15, -0.1) is 0 Å². The van der Waals surface area contributed by atoms with Crippen molar-refractivity contribution in [3.8, 4) is 5.69 Å². The van der Waals surface area contributed by atoms with Crippen LogP contribution in [0.1, 0.15) is 54.4 Å². The number of amides is 1. The van der Waals surface area contributed by atoms with Gasteiger partial charge in [0.15, 0.2) is 5.69 Å². The molecular weight excluding hydrogens is 305 g/mol.